The molecule has 1 aromatic carbocycles. The van der Waals surface area contributed by atoms with Crippen molar-refractivity contribution in [1.82, 2.24) is 0 Å². The van der Waals surface area contributed by atoms with E-state index in [1.807, 2.05) is 0 Å². The number of aliphatic hydroxyl groups excluding tert-OH is 1. The van der Waals surface area contributed by atoms with E-state index in [1.54, 1.807) is 30.8 Å². The van der Waals surface area contributed by atoms with Gasteiger partial charge in [0.05, 0.1) is 12.0 Å². The molecule has 1 aromatic rings. The number of carbonyl (C=O) groups is 1. The molecule has 1 saturated heterocycles. The highest BCUT2D eigenvalue weighted by molar-refractivity contribution is 8.00. The maximum absolute atomic E-state index is 14.0. The Balaban J connectivity index is 2.04. The molecule has 0 aromatic heterocycles. The molecule has 0 bridgehead atoms. The molecule has 20 heavy (non-hydrogen) atoms. The Kier molecular flexibility index (Phi) is 5.05. The number of carboxylic acids is 1. The van der Waals surface area contributed by atoms with Crippen LogP contribution < -0.4 is 0 Å². The average Bonchev–Trinajstić information content (AvgIpc) is 2.78. The largest absolute Gasteiger partial charge is 0.481 e. The first-order valence-corrected chi connectivity index (χ1v) is 7.82. The Hall–Kier alpha value is -1.07. The predicted octanol–water partition coefficient (Wildman–Crippen LogP) is 2.50. The molecule has 1 aliphatic heterocycles. The zero-order valence-corrected chi connectivity index (χ0v) is 12.2. The lowest BCUT2D eigenvalue weighted by molar-refractivity contribution is -0.141. The molecule has 1 fully saturated rings. The fourth-order valence-electron chi connectivity index (χ4n) is 2.37. The Labute approximate surface area is 122 Å². The van der Waals surface area contributed by atoms with Crippen LogP contribution in [0.3, 0.4) is 0 Å². The van der Waals surface area contributed by atoms with Gasteiger partial charge in [-0.05, 0) is 42.2 Å². The number of aliphatic hydroxyl groups is 1. The minimum atomic E-state index is -0.875. The number of aliphatic carboxylic acids is 1. The standard InChI is InChI=1S/C15H19FO3S/c1-9(15(18)19)6-10-2-3-11(12(16)7-10)8-14-13(17)4-5-20-14/h2-3,7,9,13-14,17H,4-6,8H2,1H3,(H,18,19). The molecular weight excluding hydrogens is 279 g/mol. The van der Waals surface area contributed by atoms with Gasteiger partial charge in [0.15, 0.2) is 0 Å². The molecule has 0 radical (unpaired) electrons. The maximum atomic E-state index is 14.0. The summed E-state index contributed by atoms with van der Waals surface area (Å²) in [6, 6.07) is 4.91. The van der Waals surface area contributed by atoms with E-state index in [4.69, 9.17) is 5.11 Å². The molecular formula is C15H19FO3S. The first-order valence-electron chi connectivity index (χ1n) is 6.77. The van der Waals surface area contributed by atoms with Crippen LogP contribution in [-0.2, 0) is 17.6 Å². The third-order valence-electron chi connectivity index (χ3n) is 3.68. The molecule has 0 saturated carbocycles. The van der Waals surface area contributed by atoms with Gasteiger partial charge < -0.3 is 10.2 Å². The summed E-state index contributed by atoms with van der Waals surface area (Å²) in [5.41, 5.74) is 1.29. The van der Waals surface area contributed by atoms with Crippen molar-refractivity contribution in [2.75, 3.05) is 5.75 Å². The average molecular weight is 298 g/mol. The van der Waals surface area contributed by atoms with Gasteiger partial charge in [0.25, 0.3) is 0 Å². The smallest absolute Gasteiger partial charge is 0.306 e. The number of rotatable bonds is 5. The zero-order valence-electron chi connectivity index (χ0n) is 11.4. The number of hydrogen-bond acceptors (Lipinski definition) is 3. The summed E-state index contributed by atoms with van der Waals surface area (Å²) in [6.07, 6.45) is 1.26. The van der Waals surface area contributed by atoms with Crippen molar-refractivity contribution in [2.24, 2.45) is 5.92 Å². The summed E-state index contributed by atoms with van der Waals surface area (Å²) in [7, 11) is 0. The lowest BCUT2D eigenvalue weighted by Gasteiger charge is -2.15. The van der Waals surface area contributed by atoms with Crippen LogP contribution >= 0.6 is 11.8 Å². The summed E-state index contributed by atoms with van der Waals surface area (Å²) in [5.74, 6) is -0.783. The zero-order chi connectivity index (χ0) is 14.7. The maximum Gasteiger partial charge on any atom is 0.306 e. The van der Waals surface area contributed by atoms with E-state index < -0.39 is 11.9 Å². The first kappa shape index (κ1) is 15.3. The molecule has 5 heteroatoms. The highest BCUT2D eigenvalue weighted by Crippen LogP contribution is 2.30. The van der Waals surface area contributed by atoms with Crippen molar-refractivity contribution >= 4 is 17.7 Å². The van der Waals surface area contributed by atoms with E-state index >= 15 is 0 Å². The fraction of sp³-hybridized carbons (Fsp3) is 0.533. The Bertz CT molecular complexity index is 492. The predicted molar refractivity (Wildman–Crippen MR) is 77.5 cm³/mol. The van der Waals surface area contributed by atoms with Crippen molar-refractivity contribution < 1.29 is 19.4 Å². The van der Waals surface area contributed by atoms with Crippen LogP contribution in [0.5, 0.6) is 0 Å². The molecule has 3 unspecified atom stereocenters. The lowest BCUT2D eigenvalue weighted by Crippen LogP contribution is -2.20. The van der Waals surface area contributed by atoms with Crippen molar-refractivity contribution in [3.8, 4) is 0 Å². The quantitative estimate of drug-likeness (QED) is 0.877. The van der Waals surface area contributed by atoms with Crippen LogP contribution in [0.25, 0.3) is 0 Å². The van der Waals surface area contributed by atoms with Crippen LogP contribution in [0.1, 0.15) is 24.5 Å². The monoisotopic (exact) mass is 298 g/mol. The van der Waals surface area contributed by atoms with Crippen LogP contribution in [-0.4, -0.2) is 33.3 Å². The second-order valence-electron chi connectivity index (χ2n) is 5.34. The second-order valence-corrected chi connectivity index (χ2v) is 6.69. The third kappa shape index (κ3) is 3.73. The SMILES string of the molecule is CC(Cc1ccc(CC2SCCC2O)c(F)c1)C(=O)O. The van der Waals surface area contributed by atoms with Crippen LogP contribution in [0, 0.1) is 11.7 Å². The van der Waals surface area contributed by atoms with E-state index in [9.17, 15) is 14.3 Å². The summed E-state index contributed by atoms with van der Waals surface area (Å²) in [6.45, 7) is 1.61. The highest BCUT2D eigenvalue weighted by atomic mass is 32.2. The van der Waals surface area contributed by atoms with Crippen molar-refractivity contribution in [2.45, 2.75) is 37.5 Å². The molecule has 0 aliphatic carbocycles. The van der Waals surface area contributed by atoms with Gasteiger partial charge in [-0.1, -0.05) is 19.1 Å². The first-order chi connectivity index (χ1) is 9.47. The summed E-state index contributed by atoms with van der Waals surface area (Å²) in [4.78, 5) is 10.8. The molecule has 1 heterocycles. The number of thioether (sulfide) groups is 1. The molecule has 3 atom stereocenters. The van der Waals surface area contributed by atoms with E-state index in [0.29, 0.717) is 24.0 Å². The van der Waals surface area contributed by atoms with Gasteiger partial charge >= 0.3 is 5.97 Å². The normalized spacial score (nSPS) is 23.8. The van der Waals surface area contributed by atoms with E-state index in [1.165, 1.54) is 6.07 Å². The highest BCUT2D eigenvalue weighted by Gasteiger charge is 2.26. The Morgan fingerprint density at radius 1 is 1.55 bits per heavy atom. The Morgan fingerprint density at radius 3 is 2.85 bits per heavy atom. The Morgan fingerprint density at radius 2 is 2.30 bits per heavy atom. The summed E-state index contributed by atoms with van der Waals surface area (Å²) in [5, 5.41) is 18.7. The van der Waals surface area contributed by atoms with Gasteiger partial charge in [-0.3, -0.25) is 4.79 Å². The minimum absolute atomic E-state index is 0.0632. The van der Waals surface area contributed by atoms with Gasteiger partial charge in [-0.15, -0.1) is 0 Å². The van der Waals surface area contributed by atoms with Crippen LogP contribution in [0.15, 0.2) is 18.2 Å². The van der Waals surface area contributed by atoms with Crippen LogP contribution in [0.4, 0.5) is 4.39 Å². The summed E-state index contributed by atoms with van der Waals surface area (Å²) >= 11 is 1.68. The molecule has 2 rings (SSSR count). The van der Waals surface area contributed by atoms with Gasteiger partial charge in [0.2, 0.25) is 0 Å². The number of carboxylic acid groups (broad SMARTS) is 1. The van der Waals surface area contributed by atoms with Gasteiger partial charge in [0, 0.05) is 5.25 Å². The molecule has 1 aliphatic rings. The molecule has 3 nitrogen and oxygen atoms in total. The summed E-state index contributed by atoms with van der Waals surface area (Å²) < 4.78 is 14.0. The minimum Gasteiger partial charge on any atom is -0.481 e. The fourth-order valence-corrected chi connectivity index (χ4v) is 3.71. The van der Waals surface area contributed by atoms with Crippen molar-refractivity contribution in [3.05, 3.63) is 35.1 Å². The van der Waals surface area contributed by atoms with Gasteiger partial charge in [-0.25, -0.2) is 4.39 Å². The topological polar surface area (TPSA) is 57.5 Å². The van der Waals surface area contributed by atoms with Crippen LogP contribution in [0.2, 0.25) is 0 Å². The van der Waals surface area contributed by atoms with E-state index in [0.717, 1.165) is 12.2 Å². The third-order valence-corrected chi connectivity index (χ3v) is 5.06. The van der Waals surface area contributed by atoms with Crippen molar-refractivity contribution in [3.63, 3.8) is 0 Å². The number of benzene rings is 1. The van der Waals surface area contributed by atoms with E-state index in [-0.39, 0.29) is 17.2 Å². The van der Waals surface area contributed by atoms with Gasteiger partial charge in [0.1, 0.15) is 5.82 Å². The second kappa shape index (κ2) is 6.59. The number of halogens is 1. The van der Waals surface area contributed by atoms with Gasteiger partial charge in [-0.2, -0.15) is 11.8 Å². The molecule has 2 N–H and O–H groups in total. The molecule has 0 amide bonds. The molecule has 0 spiro atoms. The van der Waals surface area contributed by atoms with Crippen molar-refractivity contribution in [1.29, 1.82) is 0 Å². The lowest BCUT2D eigenvalue weighted by atomic mass is 9.98. The number of hydrogen-bond donors (Lipinski definition) is 2. The van der Waals surface area contributed by atoms with E-state index in [2.05, 4.69) is 0 Å². The molecule has 110 valence electrons.